The Kier molecular flexibility index (Phi) is 4.43. The molecule has 0 radical (unpaired) electrons. The Morgan fingerprint density at radius 2 is 1.92 bits per heavy atom. The van der Waals surface area contributed by atoms with Crippen molar-refractivity contribution in [2.24, 2.45) is 0 Å². The Morgan fingerprint density at radius 3 is 2.58 bits per heavy atom. The molecule has 2 nitrogen and oxygen atoms in total. The summed E-state index contributed by atoms with van der Waals surface area (Å²) in [5, 5.41) is 0. The molecule has 0 saturated carbocycles. The highest BCUT2D eigenvalue weighted by Gasteiger charge is 2.39. The summed E-state index contributed by atoms with van der Waals surface area (Å²) in [6.45, 7) is 3.44. The zero-order valence-electron chi connectivity index (χ0n) is 14.1. The molecule has 0 bridgehead atoms. The van der Waals surface area contributed by atoms with E-state index in [0.717, 1.165) is 70.2 Å². The van der Waals surface area contributed by atoms with Gasteiger partial charge in [0.25, 0.3) is 5.66 Å². The van der Waals surface area contributed by atoms with Crippen molar-refractivity contribution in [2.45, 2.75) is 62.8 Å². The van der Waals surface area contributed by atoms with Gasteiger partial charge < -0.3 is 4.74 Å². The summed E-state index contributed by atoms with van der Waals surface area (Å²) in [4.78, 5) is 2.35. The average molecular weight is 353 g/mol. The molecular weight excluding hydrogens is 327 g/mol. The van der Waals surface area contributed by atoms with Gasteiger partial charge in [0.15, 0.2) is 0 Å². The molecule has 4 rings (SSSR count). The van der Waals surface area contributed by atoms with Crippen LogP contribution in [0.5, 0.6) is 0 Å². The van der Waals surface area contributed by atoms with Gasteiger partial charge in [-0.15, -0.1) is 0 Å². The molecule has 2 aliphatic heterocycles. The smallest absolute Gasteiger partial charge is 0.284 e. The van der Waals surface area contributed by atoms with E-state index in [1.165, 1.54) is 11.1 Å². The molecule has 1 spiro atoms. The molecule has 1 aliphatic carbocycles. The van der Waals surface area contributed by atoms with Crippen LogP contribution < -0.4 is 0 Å². The number of halogens is 2. The average Bonchev–Trinajstić information content (AvgIpc) is 3.18. The van der Waals surface area contributed by atoms with Crippen molar-refractivity contribution in [1.82, 2.24) is 4.90 Å². The van der Waals surface area contributed by atoms with Crippen molar-refractivity contribution in [2.75, 3.05) is 19.7 Å². The lowest BCUT2D eigenvalue weighted by Crippen LogP contribution is -2.43. The fraction of sp³-hybridized carbons (Fsp3) is 0.684. The normalized spacial score (nSPS) is 23.8. The predicted octanol–water partition coefficient (Wildman–Crippen LogP) is 4.24. The van der Waals surface area contributed by atoms with Crippen LogP contribution in [0.2, 0.25) is 0 Å². The molecule has 24 heavy (non-hydrogen) atoms. The molecule has 1 aromatic rings. The molecule has 2 heterocycles. The van der Waals surface area contributed by atoms with Crippen LogP contribution in [0.1, 0.15) is 54.4 Å². The summed E-state index contributed by atoms with van der Waals surface area (Å²) in [5.74, 6) is 0. The number of benzene rings is 1. The molecular formula is C19H26F2NOP. The second kappa shape index (κ2) is 6.30. The van der Waals surface area contributed by atoms with Gasteiger partial charge in [0, 0.05) is 31.8 Å². The number of likely N-dealkylation sites (tertiary alicyclic amines) is 1. The van der Waals surface area contributed by atoms with E-state index in [1.807, 2.05) is 6.07 Å². The zero-order chi connectivity index (χ0) is 16.8. The Balaban J connectivity index is 1.55. The molecule has 3 aliphatic rings. The lowest BCUT2D eigenvalue weighted by Gasteiger charge is -2.39. The molecule has 5 heteroatoms. The van der Waals surface area contributed by atoms with E-state index in [9.17, 15) is 8.78 Å². The first-order valence-electron chi connectivity index (χ1n) is 9.14. The minimum absolute atomic E-state index is 0.0858. The number of hydrogen-bond donors (Lipinski definition) is 0. The second-order valence-electron chi connectivity index (χ2n) is 7.62. The van der Waals surface area contributed by atoms with E-state index >= 15 is 0 Å². The summed E-state index contributed by atoms with van der Waals surface area (Å²) in [7, 11) is 1.72. The van der Waals surface area contributed by atoms with Crippen molar-refractivity contribution in [1.29, 1.82) is 0 Å². The van der Waals surface area contributed by atoms with Crippen molar-refractivity contribution in [3.63, 3.8) is 0 Å². The molecule has 1 aromatic carbocycles. The third kappa shape index (κ3) is 3.13. The van der Waals surface area contributed by atoms with Gasteiger partial charge in [0.05, 0.1) is 5.60 Å². The van der Waals surface area contributed by atoms with Crippen LogP contribution in [0.4, 0.5) is 8.78 Å². The number of fused-ring (bicyclic) bond motifs is 1. The highest BCUT2D eigenvalue weighted by atomic mass is 31.0. The van der Waals surface area contributed by atoms with Crippen LogP contribution in [0, 0.1) is 0 Å². The second-order valence-corrected chi connectivity index (χ2v) is 8.34. The van der Waals surface area contributed by atoms with Crippen LogP contribution in [-0.2, 0) is 29.8 Å². The van der Waals surface area contributed by atoms with Crippen molar-refractivity contribution >= 4 is 9.24 Å². The zero-order valence-corrected chi connectivity index (χ0v) is 15.3. The molecule has 1 atom stereocenters. The lowest BCUT2D eigenvalue weighted by molar-refractivity contribution is -0.0449. The standard InChI is InChI=1S/C19H26F2NOP/c20-19(21,24)17-6-5-14-3-1-4-15(14)16(17)13-22-10-8-18(9-11-22)7-2-12-23-18/h5-6H,1-4,7-13,24H2. The Hall–Kier alpha value is -0.570. The summed E-state index contributed by atoms with van der Waals surface area (Å²) >= 11 is 0. The lowest BCUT2D eigenvalue weighted by atomic mass is 9.88. The Morgan fingerprint density at radius 1 is 1.12 bits per heavy atom. The highest BCUT2D eigenvalue weighted by molar-refractivity contribution is 7.17. The van der Waals surface area contributed by atoms with Crippen LogP contribution in [0.15, 0.2) is 12.1 Å². The van der Waals surface area contributed by atoms with Gasteiger partial charge in [-0.2, -0.15) is 8.78 Å². The fourth-order valence-corrected chi connectivity index (χ4v) is 5.00. The highest BCUT2D eigenvalue weighted by Crippen LogP contribution is 2.42. The number of alkyl halides is 2. The maximum absolute atomic E-state index is 14.1. The minimum atomic E-state index is -2.85. The number of aryl methyl sites for hydroxylation is 1. The monoisotopic (exact) mass is 353 g/mol. The molecule has 0 amide bonds. The topological polar surface area (TPSA) is 12.5 Å². The first kappa shape index (κ1) is 16.9. The third-order valence-electron chi connectivity index (χ3n) is 6.09. The first-order chi connectivity index (χ1) is 11.5. The minimum Gasteiger partial charge on any atom is -0.375 e. The molecule has 1 unspecified atom stereocenters. The third-order valence-corrected chi connectivity index (χ3v) is 6.41. The van der Waals surface area contributed by atoms with Crippen LogP contribution in [0.25, 0.3) is 0 Å². The van der Waals surface area contributed by atoms with E-state index in [1.54, 1.807) is 15.3 Å². The van der Waals surface area contributed by atoms with Gasteiger partial charge in [-0.05, 0) is 61.6 Å². The number of nitrogens with zero attached hydrogens (tertiary/aromatic N) is 1. The van der Waals surface area contributed by atoms with Crippen molar-refractivity contribution < 1.29 is 13.5 Å². The largest absolute Gasteiger partial charge is 0.375 e. The number of rotatable bonds is 3. The first-order valence-corrected chi connectivity index (χ1v) is 9.72. The maximum atomic E-state index is 14.1. The van der Waals surface area contributed by atoms with E-state index in [0.29, 0.717) is 6.54 Å². The summed E-state index contributed by atoms with van der Waals surface area (Å²) in [6.07, 6.45) is 7.46. The molecule has 0 aromatic heterocycles. The van der Waals surface area contributed by atoms with Crippen molar-refractivity contribution in [3.05, 3.63) is 34.4 Å². The number of ether oxygens (including phenoxy) is 1. The van der Waals surface area contributed by atoms with Gasteiger partial charge in [-0.3, -0.25) is 4.90 Å². The van der Waals surface area contributed by atoms with Crippen molar-refractivity contribution in [3.8, 4) is 0 Å². The Bertz CT molecular complexity index is 613. The van der Waals surface area contributed by atoms with Gasteiger partial charge in [-0.1, -0.05) is 21.4 Å². The molecule has 0 N–H and O–H groups in total. The summed E-state index contributed by atoms with van der Waals surface area (Å²) < 4.78 is 34.2. The Labute approximate surface area is 145 Å². The van der Waals surface area contributed by atoms with E-state index in [-0.39, 0.29) is 11.2 Å². The van der Waals surface area contributed by atoms with Crippen LogP contribution in [0.3, 0.4) is 0 Å². The predicted molar refractivity (Wildman–Crippen MR) is 94.5 cm³/mol. The van der Waals surface area contributed by atoms with Gasteiger partial charge in [0.1, 0.15) is 0 Å². The van der Waals surface area contributed by atoms with E-state index in [2.05, 4.69) is 4.90 Å². The van der Waals surface area contributed by atoms with Gasteiger partial charge in [-0.25, -0.2) is 0 Å². The molecule has 132 valence electrons. The van der Waals surface area contributed by atoms with E-state index < -0.39 is 5.66 Å². The number of hydrogen-bond acceptors (Lipinski definition) is 2. The quantitative estimate of drug-likeness (QED) is 0.754. The molecule has 2 saturated heterocycles. The van der Waals surface area contributed by atoms with Gasteiger partial charge >= 0.3 is 0 Å². The van der Waals surface area contributed by atoms with Crippen LogP contribution >= 0.6 is 9.24 Å². The van der Waals surface area contributed by atoms with E-state index in [4.69, 9.17) is 4.74 Å². The van der Waals surface area contributed by atoms with Crippen LogP contribution in [-0.4, -0.2) is 30.2 Å². The summed E-state index contributed by atoms with van der Waals surface area (Å²) in [6, 6.07) is 3.56. The SMILES string of the molecule is FC(F)(P)c1ccc2c(c1CN1CCC3(CCCO3)CC1)CCC2. The summed E-state index contributed by atoms with van der Waals surface area (Å²) in [5.41, 5.74) is 0.780. The van der Waals surface area contributed by atoms with Gasteiger partial charge in [0.2, 0.25) is 0 Å². The number of piperidine rings is 1. The fourth-order valence-electron chi connectivity index (χ4n) is 4.73. The maximum Gasteiger partial charge on any atom is 0.284 e. The molecule has 2 fully saturated rings.